The van der Waals surface area contributed by atoms with E-state index < -0.39 is 0 Å². The van der Waals surface area contributed by atoms with Crippen molar-refractivity contribution in [2.24, 2.45) is 0 Å². The Hall–Kier alpha value is -6.72. The third kappa shape index (κ3) is 5.00. The van der Waals surface area contributed by atoms with Crippen LogP contribution < -0.4 is 0 Å². The zero-order valence-electron chi connectivity index (χ0n) is 29.9. The van der Waals surface area contributed by atoms with Gasteiger partial charge >= 0.3 is 0 Å². The Morgan fingerprint density at radius 3 is 1.70 bits per heavy atom. The summed E-state index contributed by atoms with van der Waals surface area (Å²) in [5, 5.41) is 9.85. The number of hydrogen-bond acceptors (Lipinski definition) is 2. The van der Waals surface area contributed by atoms with E-state index in [0.717, 1.165) is 61.6 Å². The first-order valence-corrected chi connectivity index (χ1v) is 18.2. The van der Waals surface area contributed by atoms with Gasteiger partial charge in [-0.05, 0) is 65.1 Å². The lowest BCUT2D eigenvalue weighted by molar-refractivity contribution is 0.588. The van der Waals surface area contributed by atoms with Crippen LogP contribution in [0.25, 0.3) is 83.2 Å². The molecule has 0 N–H and O–H groups in total. The lowest BCUT2D eigenvalue weighted by Gasteiger charge is -2.20. The summed E-state index contributed by atoms with van der Waals surface area (Å²) in [6.07, 6.45) is 3.93. The highest BCUT2D eigenvalue weighted by Gasteiger charge is 2.21. The number of aromatic nitrogens is 5. The second-order valence-corrected chi connectivity index (χ2v) is 14.8. The van der Waals surface area contributed by atoms with Gasteiger partial charge in [0.15, 0.2) is 0 Å². The van der Waals surface area contributed by atoms with Crippen LogP contribution in [0.3, 0.4) is 0 Å². The Labute approximate surface area is 308 Å². The van der Waals surface area contributed by atoms with E-state index in [4.69, 9.17) is 10.1 Å². The summed E-state index contributed by atoms with van der Waals surface area (Å²) in [7, 11) is 0. The van der Waals surface area contributed by atoms with Crippen molar-refractivity contribution in [2.75, 3.05) is 0 Å². The van der Waals surface area contributed by atoms with Crippen molar-refractivity contribution in [2.45, 2.75) is 26.2 Å². The van der Waals surface area contributed by atoms with E-state index in [2.05, 4.69) is 192 Å². The molecule has 0 radical (unpaired) electrons. The van der Waals surface area contributed by atoms with Gasteiger partial charge in [0.05, 0.1) is 39.6 Å². The molecule has 53 heavy (non-hydrogen) atoms. The van der Waals surface area contributed by atoms with Gasteiger partial charge in [-0.3, -0.25) is 4.57 Å². The van der Waals surface area contributed by atoms with Crippen molar-refractivity contribution >= 4 is 43.6 Å². The summed E-state index contributed by atoms with van der Waals surface area (Å²) in [6, 6.07) is 56.4. The molecular weight excluding hydrogens is 647 g/mol. The number of benzene rings is 6. The van der Waals surface area contributed by atoms with E-state index in [1.165, 1.54) is 27.1 Å². The molecule has 0 fully saturated rings. The molecule has 0 saturated carbocycles. The van der Waals surface area contributed by atoms with Crippen LogP contribution in [0.5, 0.6) is 0 Å². The van der Waals surface area contributed by atoms with E-state index >= 15 is 0 Å². The maximum Gasteiger partial charge on any atom is 0.137 e. The van der Waals surface area contributed by atoms with Gasteiger partial charge in [-0.25, -0.2) is 9.67 Å². The minimum atomic E-state index is -0.000892. The summed E-state index contributed by atoms with van der Waals surface area (Å²) in [5.74, 6) is 0.923. The largest absolute Gasteiger partial charge is 0.309 e. The third-order valence-corrected chi connectivity index (χ3v) is 10.6. The molecule has 5 heteroatoms. The van der Waals surface area contributed by atoms with Crippen LogP contribution in [-0.2, 0) is 5.41 Å². The highest BCUT2D eigenvalue weighted by atomic mass is 15.3. The fourth-order valence-corrected chi connectivity index (χ4v) is 7.97. The van der Waals surface area contributed by atoms with E-state index in [-0.39, 0.29) is 5.41 Å². The number of nitrogens with zero attached hydrogens (tertiary/aromatic N) is 5. The van der Waals surface area contributed by atoms with Crippen molar-refractivity contribution < 1.29 is 0 Å². The van der Waals surface area contributed by atoms with E-state index in [9.17, 15) is 0 Å². The molecule has 0 saturated heterocycles. The molecular formula is C48H37N5. The van der Waals surface area contributed by atoms with Crippen molar-refractivity contribution in [3.05, 3.63) is 176 Å². The zero-order valence-corrected chi connectivity index (χ0v) is 29.9. The maximum absolute atomic E-state index is 5.03. The van der Waals surface area contributed by atoms with Crippen molar-refractivity contribution in [1.29, 1.82) is 0 Å². The van der Waals surface area contributed by atoms with Crippen LogP contribution in [0.15, 0.2) is 170 Å². The first kappa shape index (κ1) is 31.1. The molecule has 10 rings (SSSR count). The number of pyridine rings is 1. The van der Waals surface area contributed by atoms with Gasteiger partial charge < -0.3 is 4.57 Å². The number of rotatable bonds is 5. The predicted octanol–water partition coefficient (Wildman–Crippen LogP) is 12.1. The quantitative estimate of drug-likeness (QED) is 0.181. The number of para-hydroxylation sites is 2. The van der Waals surface area contributed by atoms with Gasteiger partial charge in [0.1, 0.15) is 5.82 Å². The average Bonchev–Trinajstić information content (AvgIpc) is 3.88. The first-order valence-electron chi connectivity index (χ1n) is 18.2. The fourth-order valence-electron chi connectivity index (χ4n) is 7.97. The lowest BCUT2D eigenvalue weighted by atomic mass is 9.88. The van der Waals surface area contributed by atoms with E-state index in [1.807, 2.05) is 12.4 Å². The fraction of sp³-hybridized carbons (Fsp3) is 0.0833. The van der Waals surface area contributed by atoms with Crippen LogP contribution in [0.1, 0.15) is 26.3 Å². The molecule has 254 valence electrons. The van der Waals surface area contributed by atoms with Crippen LogP contribution >= 0.6 is 0 Å². The van der Waals surface area contributed by atoms with E-state index in [1.54, 1.807) is 0 Å². The second kappa shape index (κ2) is 11.9. The normalized spacial score (nSPS) is 12.1. The van der Waals surface area contributed by atoms with Gasteiger partial charge in [-0.1, -0.05) is 130 Å². The minimum absolute atomic E-state index is 0.000892. The molecule has 0 aliphatic carbocycles. The molecule has 10 aromatic rings. The molecule has 4 heterocycles. The summed E-state index contributed by atoms with van der Waals surface area (Å²) >= 11 is 0. The van der Waals surface area contributed by atoms with Gasteiger partial charge in [0.25, 0.3) is 0 Å². The Morgan fingerprint density at radius 1 is 0.472 bits per heavy atom. The van der Waals surface area contributed by atoms with E-state index in [0.29, 0.717) is 0 Å². The molecule has 0 spiro atoms. The standard InChI is InChI=1S/C48H37N5/c1-48(2,3)34-26-27-49-46(28-34)52-43-21-13-11-19-38(43)40-24-22-35(29-45(40)52)51-42-20-12-10-18-37(42)39-25-23-36(30-44(39)51)53-47(33-16-8-5-9-17-33)41(31-50-53)32-14-6-4-7-15-32/h4-31H,1-3H3. The molecule has 4 aromatic heterocycles. The van der Waals surface area contributed by atoms with Gasteiger partial charge in [-0.2, -0.15) is 5.10 Å². The maximum atomic E-state index is 5.03. The Balaban J connectivity index is 1.22. The second-order valence-electron chi connectivity index (χ2n) is 14.8. The molecule has 0 atom stereocenters. The SMILES string of the molecule is CC(C)(C)c1ccnc(-n2c3ccccc3c3ccc(-n4c5ccccc5c5ccc(-n6ncc(-c7ccccc7)c6-c6ccccc6)cc54)cc32)c1. The minimum Gasteiger partial charge on any atom is -0.309 e. The van der Waals surface area contributed by atoms with Gasteiger partial charge in [-0.15, -0.1) is 0 Å². The van der Waals surface area contributed by atoms with Crippen molar-refractivity contribution in [3.8, 4) is 39.6 Å². The third-order valence-electron chi connectivity index (χ3n) is 10.6. The van der Waals surface area contributed by atoms with Crippen molar-refractivity contribution in [1.82, 2.24) is 23.9 Å². The number of fused-ring (bicyclic) bond motifs is 6. The predicted molar refractivity (Wildman–Crippen MR) is 220 cm³/mol. The molecule has 0 amide bonds. The highest BCUT2D eigenvalue weighted by Crippen LogP contribution is 2.39. The molecule has 6 aromatic carbocycles. The Morgan fingerprint density at radius 2 is 1.02 bits per heavy atom. The lowest BCUT2D eigenvalue weighted by Crippen LogP contribution is -2.12. The monoisotopic (exact) mass is 683 g/mol. The first-order chi connectivity index (χ1) is 25.9. The Bertz CT molecular complexity index is 2970. The van der Waals surface area contributed by atoms with Crippen LogP contribution in [0, 0.1) is 0 Å². The van der Waals surface area contributed by atoms with Crippen molar-refractivity contribution in [3.63, 3.8) is 0 Å². The molecule has 0 bridgehead atoms. The van der Waals surface area contributed by atoms with Crippen LogP contribution in [0.4, 0.5) is 0 Å². The molecule has 0 unspecified atom stereocenters. The number of hydrogen-bond donors (Lipinski definition) is 0. The Kier molecular flexibility index (Phi) is 6.99. The zero-order chi connectivity index (χ0) is 35.7. The molecule has 5 nitrogen and oxygen atoms in total. The molecule has 0 aliphatic rings. The summed E-state index contributed by atoms with van der Waals surface area (Å²) in [6.45, 7) is 6.75. The van der Waals surface area contributed by atoms with Crippen LogP contribution in [0.2, 0.25) is 0 Å². The summed E-state index contributed by atoms with van der Waals surface area (Å²) in [4.78, 5) is 4.94. The van der Waals surface area contributed by atoms with Gasteiger partial charge in [0.2, 0.25) is 0 Å². The highest BCUT2D eigenvalue weighted by molar-refractivity contribution is 6.12. The summed E-state index contributed by atoms with van der Waals surface area (Å²) < 4.78 is 6.82. The smallest absolute Gasteiger partial charge is 0.137 e. The van der Waals surface area contributed by atoms with Crippen LogP contribution in [-0.4, -0.2) is 23.9 Å². The van der Waals surface area contributed by atoms with Gasteiger partial charge in [0, 0.05) is 44.6 Å². The molecule has 0 aliphatic heterocycles. The topological polar surface area (TPSA) is 40.6 Å². The summed E-state index contributed by atoms with van der Waals surface area (Å²) in [5.41, 5.74) is 12.3. The average molecular weight is 684 g/mol.